The maximum Gasteiger partial charge on any atom is 0.128 e. The minimum atomic E-state index is 0.0213. The fourth-order valence-electron chi connectivity index (χ4n) is 3.22. The smallest absolute Gasteiger partial charge is 0.128 e. The molecule has 1 aliphatic carbocycles. The van der Waals surface area contributed by atoms with Gasteiger partial charge in [-0.05, 0) is 55.7 Å². The summed E-state index contributed by atoms with van der Waals surface area (Å²) in [6, 6.07) is 3.99. The first kappa shape index (κ1) is 14.9. The van der Waals surface area contributed by atoms with Crippen molar-refractivity contribution < 1.29 is 9.84 Å². The summed E-state index contributed by atoms with van der Waals surface area (Å²) in [5.74, 6) is 2.32. The molecule has 2 unspecified atom stereocenters. The Labute approximate surface area is 124 Å². The third-order valence-corrected chi connectivity index (χ3v) is 4.36. The van der Waals surface area contributed by atoms with Crippen LogP contribution in [0.1, 0.15) is 44.2 Å². The zero-order valence-electron chi connectivity index (χ0n) is 11.9. The average Bonchev–Trinajstić information content (AvgIpc) is 2.31. The van der Waals surface area contributed by atoms with Gasteiger partial charge in [0.15, 0.2) is 0 Å². The Kier molecular flexibility index (Phi) is 4.91. The van der Waals surface area contributed by atoms with Crippen LogP contribution in [-0.2, 0) is 6.61 Å². The number of hydrogen-bond acceptors (Lipinski definition) is 2. The molecular formula is C16H23BrO2. The highest BCUT2D eigenvalue weighted by Crippen LogP contribution is 2.34. The number of aryl methyl sites for hydroxylation is 1. The fourth-order valence-corrected chi connectivity index (χ4v) is 3.84. The first-order chi connectivity index (χ1) is 8.99. The minimum Gasteiger partial charge on any atom is -0.490 e. The van der Waals surface area contributed by atoms with Crippen LogP contribution in [-0.4, -0.2) is 11.2 Å². The number of ether oxygens (including phenoxy) is 1. The molecule has 0 aromatic heterocycles. The molecular weight excluding hydrogens is 304 g/mol. The van der Waals surface area contributed by atoms with Gasteiger partial charge in [-0.15, -0.1) is 0 Å². The second kappa shape index (κ2) is 6.27. The molecule has 2 atom stereocenters. The van der Waals surface area contributed by atoms with Gasteiger partial charge in [-0.2, -0.15) is 0 Å². The largest absolute Gasteiger partial charge is 0.490 e. The summed E-state index contributed by atoms with van der Waals surface area (Å²) >= 11 is 3.47. The summed E-state index contributed by atoms with van der Waals surface area (Å²) in [6.07, 6.45) is 3.81. The van der Waals surface area contributed by atoms with Gasteiger partial charge in [-0.3, -0.25) is 0 Å². The Morgan fingerprint density at radius 2 is 1.84 bits per heavy atom. The zero-order valence-corrected chi connectivity index (χ0v) is 13.5. The molecule has 1 fully saturated rings. The van der Waals surface area contributed by atoms with Crippen molar-refractivity contribution in [1.29, 1.82) is 0 Å². The highest BCUT2D eigenvalue weighted by atomic mass is 79.9. The van der Waals surface area contributed by atoms with E-state index >= 15 is 0 Å². The third-order valence-electron chi connectivity index (χ3n) is 3.91. The van der Waals surface area contributed by atoms with Crippen molar-refractivity contribution in [3.05, 3.63) is 27.7 Å². The first-order valence-corrected chi connectivity index (χ1v) is 7.85. The van der Waals surface area contributed by atoms with Crippen LogP contribution in [0.15, 0.2) is 16.6 Å². The highest BCUT2D eigenvalue weighted by Gasteiger charge is 2.26. The Bertz CT molecular complexity index is 435. The van der Waals surface area contributed by atoms with Crippen molar-refractivity contribution in [1.82, 2.24) is 0 Å². The lowest BCUT2D eigenvalue weighted by atomic mass is 9.82. The molecule has 2 nitrogen and oxygen atoms in total. The standard InChI is InChI=1S/C16H23BrO2/c1-10-4-11(2)6-15(5-10)19-16-12(3)7-14(17)8-13(16)9-18/h7-8,10-11,15,18H,4-6,9H2,1-3H3. The highest BCUT2D eigenvalue weighted by molar-refractivity contribution is 9.10. The molecule has 19 heavy (non-hydrogen) atoms. The van der Waals surface area contributed by atoms with Crippen molar-refractivity contribution >= 4 is 15.9 Å². The van der Waals surface area contributed by atoms with Gasteiger partial charge in [0.05, 0.1) is 12.7 Å². The van der Waals surface area contributed by atoms with Gasteiger partial charge in [0, 0.05) is 10.0 Å². The molecule has 0 saturated heterocycles. The van der Waals surface area contributed by atoms with Crippen molar-refractivity contribution in [2.24, 2.45) is 11.8 Å². The average molecular weight is 327 g/mol. The predicted octanol–water partition coefficient (Wildman–Crippen LogP) is 4.45. The van der Waals surface area contributed by atoms with E-state index in [1.54, 1.807) is 0 Å². The van der Waals surface area contributed by atoms with E-state index in [1.165, 1.54) is 6.42 Å². The Hall–Kier alpha value is -0.540. The van der Waals surface area contributed by atoms with Crippen LogP contribution in [0.4, 0.5) is 0 Å². The number of halogens is 1. The van der Waals surface area contributed by atoms with Crippen LogP contribution in [0.3, 0.4) is 0 Å². The van der Waals surface area contributed by atoms with E-state index in [4.69, 9.17) is 4.74 Å². The normalized spacial score (nSPS) is 27.3. The second-order valence-electron chi connectivity index (χ2n) is 6.03. The van der Waals surface area contributed by atoms with Gasteiger partial charge in [-0.25, -0.2) is 0 Å². The summed E-state index contributed by atoms with van der Waals surface area (Å²) in [4.78, 5) is 0. The van der Waals surface area contributed by atoms with E-state index in [0.717, 1.165) is 46.0 Å². The fraction of sp³-hybridized carbons (Fsp3) is 0.625. The lowest BCUT2D eigenvalue weighted by Gasteiger charge is -2.32. The quantitative estimate of drug-likeness (QED) is 0.888. The van der Waals surface area contributed by atoms with E-state index < -0.39 is 0 Å². The molecule has 0 aliphatic heterocycles. The van der Waals surface area contributed by atoms with E-state index in [9.17, 15) is 5.11 Å². The molecule has 0 spiro atoms. The molecule has 1 aromatic rings. The van der Waals surface area contributed by atoms with Crippen molar-refractivity contribution in [2.45, 2.75) is 52.7 Å². The maximum atomic E-state index is 9.50. The monoisotopic (exact) mass is 326 g/mol. The number of benzene rings is 1. The van der Waals surface area contributed by atoms with Crippen LogP contribution in [0.5, 0.6) is 5.75 Å². The molecule has 0 radical (unpaired) electrons. The molecule has 3 heteroatoms. The lowest BCUT2D eigenvalue weighted by Crippen LogP contribution is -2.29. The van der Waals surface area contributed by atoms with E-state index in [-0.39, 0.29) is 12.7 Å². The van der Waals surface area contributed by atoms with E-state index in [0.29, 0.717) is 0 Å². The summed E-state index contributed by atoms with van der Waals surface area (Å²) in [5, 5.41) is 9.50. The summed E-state index contributed by atoms with van der Waals surface area (Å²) in [7, 11) is 0. The summed E-state index contributed by atoms with van der Waals surface area (Å²) in [6.45, 7) is 6.66. The SMILES string of the molecule is Cc1cc(Br)cc(CO)c1OC1CC(C)CC(C)C1. The topological polar surface area (TPSA) is 29.5 Å². The molecule has 0 amide bonds. The number of hydrogen-bond donors (Lipinski definition) is 1. The number of aliphatic hydroxyl groups is 1. The Morgan fingerprint density at radius 1 is 1.21 bits per heavy atom. The summed E-state index contributed by atoms with van der Waals surface area (Å²) < 4.78 is 7.22. The molecule has 1 aliphatic rings. The van der Waals surface area contributed by atoms with E-state index in [1.807, 2.05) is 19.1 Å². The molecule has 106 valence electrons. The minimum absolute atomic E-state index is 0.0213. The van der Waals surface area contributed by atoms with Gasteiger partial charge < -0.3 is 9.84 Å². The lowest BCUT2D eigenvalue weighted by molar-refractivity contribution is 0.0977. The molecule has 1 N–H and O–H groups in total. The Morgan fingerprint density at radius 3 is 2.42 bits per heavy atom. The van der Waals surface area contributed by atoms with Crippen molar-refractivity contribution in [3.8, 4) is 5.75 Å². The van der Waals surface area contributed by atoms with Gasteiger partial charge in [0.1, 0.15) is 5.75 Å². The first-order valence-electron chi connectivity index (χ1n) is 7.06. The molecule has 2 rings (SSSR count). The van der Waals surface area contributed by atoms with Gasteiger partial charge in [-0.1, -0.05) is 29.8 Å². The van der Waals surface area contributed by atoms with Crippen LogP contribution in [0.25, 0.3) is 0 Å². The van der Waals surface area contributed by atoms with Crippen LogP contribution in [0.2, 0.25) is 0 Å². The van der Waals surface area contributed by atoms with Crippen LogP contribution in [0, 0.1) is 18.8 Å². The summed E-state index contributed by atoms with van der Waals surface area (Å²) in [5.41, 5.74) is 1.96. The third kappa shape index (κ3) is 3.73. The van der Waals surface area contributed by atoms with Crippen molar-refractivity contribution in [3.63, 3.8) is 0 Å². The van der Waals surface area contributed by atoms with Gasteiger partial charge in [0.2, 0.25) is 0 Å². The Balaban J connectivity index is 2.18. The van der Waals surface area contributed by atoms with Crippen LogP contribution >= 0.6 is 15.9 Å². The van der Waals surface area contributed by atoms with Gasteiger partial charge >= 0.3 is 0 Å². The van der Waals surface area contributed by atoms with E-state index in [2.05, 4.69) is 29.8 Å². The predicted molar refractivity (Wildman–Crippen MR) is 81.4 cm³/mol. The molecule has 0 bridgehead atoms. The molecule has 1 saturated carbocycles. The number of rotatable bonds is 3. The maximum absolute atomic E-state index is 9.50. The zero-order chi connectivity index (χ0) is 14.0. The van der Waals surface area contributed by atoms with Gasteiger partial charge in [0.25, 0.3) is 0 Å². The van der Waals surface area contributed by atoms with Crippen LogP contribution < -0.4 is 4.74 Å². The molecule has 1 aromatic carbocycles. The molecule has 0 heterocycles. The number of aliphatic hydroxyl groups excluding tert-OH is 1. The van der Waals surface area contributed by atoms with Crippen molar-refractivity contribution in [2.75, 3.05) is 0 Å². The second-order valence-corrected chi connectivity index (χ2v) is 6.94.